The van der Waals surface area contributed by atoms with Crippen LogP contribution in [-0.4, -0.2) is 16.4 Å². The minimum atomic E-state index is -0.630. The van der Waals surface area contributed by atoms with Gasteiger partial charge in [-0.05, 0) is 26.7 Å². The molecule has 4 nitrogen and oxygen atoms in total. The monoisotopic (exact) mass is 301 g/mol. The number of thiazole rings is 1. The molecule has 0 bridgehead atoms. The van der Waals surface area contributed by atoms with E-state index in [9.17, 15) is 4.79 Å². The first-order valence-corrected chi connectivity index (χ1v) is 7.94. The number of nitrogens with zero attached hydrogens (tertiary/aromatic N) is 1. The van der Waals surface area contributed by atoms with E-state index in [0.717, 1.165) is 34.0 Å². The third kappa shape index (κ3) is 2.84. The number of aryl methyl sites for hydroxylation is 1. The molecule has 3 rings (SSSR count). The number of benzene rings is 1. The minimum Gasteiger partial charge on any atom is -0.347 e. The largest absolute Gasteiger partial charge is 0.347 e. The second-order valence-electron chi connectivity index (χ2n) is 5.69. The summed E-state index contributed by atoms with van der Waals surface area (Å²) in [5.41, 5.74) is 7.37. The Hall–Kier alpha value is -1.72. The van der Waals surface area contributed by atoms with Gasteiger partial charge in [-0.3, -0.25) is 4.79 Å². The van der Waals surface area contributed by atoms with Crippen molar-refractivity contribution in [3.8, 4) is 10.6 Å². The summed E-state index contributed by atoms with van der Waals surface area (Å²) in [4.78, 5) is 17.8. The van der Waals surface area contributed by atoms with Crippen molar-refractivity contribution in [1.82, 2.24) is 10.3 Å². The Morgan fingerprint density at radius 3 is 2.67 bits per heavy atom. The van der Waals surface area contributed by atoms with Crippen LogP contribution in [0.25, 0.3) is 10.6 Å². The zero-order valence-electron chi connectivity index (χ0n) is 12.2. The van der Waals surface area contributed by atoms with Crippen LogP contribution in [-0.2, 0) is 4.79 Å². The summed E-state index contributed by atoms with van der Waals surface area (Å²) in [6.45, 7) is 3.97. The summed E-state index contributed by atoms with van der Waals surface area (Å²) in [6.07, 6.45) is 1.56. The lowest BCUT2D eigenvalue weighted by molar-refractivity contribution is -0.123. The molecular formula is C16H19N3OS. The van der Waals surface area contributed by atoms with E-state index in [0.29, 0.717) is 0 Å². The molecule has 1 aliphatic rings. The quantitative estimate of drug-likeness (QED) is 0.912. The zero-order chi connectivity index (χ0) is 15.0. The molecule has 0 saturated heterocycles. The molecule has 3 N–H and O–H groups in total. The molecule has 1 unspecified atom stereocenters. The van der Waals surface area contributed by atoms with E-state index in [1.54, 1.807) is 11.3 Å². The van der Waals surface area contributed by atoms with Crippen LogP contribution in [0.15, 0.2) is 30.3 Å². The average molecular weight is 301 g/mol. The summed E-state index contributed by atoms with van der Waals surface area (Å²) >= 11 is 1.63. The van der Waals surface area contributed by atoms with Crippen molar-refractivity contribution in [2.75, 3.05) is 0 Å². The Balaban J connectivity index is 1.79. The first-order valence-electron chi connectivity index (χ1n) is 7.12. The van der Waals surface area contributed by atoms with E-state index >= 15 is 0 Å². The Morgan fingerprint density at radius 2 is 2.05 bits per heavy atom. The van der Waals surface area contributed by atoms with Gasteiger partial charge in [0, 0.05) is 5.56 Å². The van der Waals surface area contributed by atoms with Crippen molar-refractivity contribution in [3.05, 3.63) is 40.9 Å². The first-order chi connectivity index (χ1) is 9.99. The Bertz CT molecular complexity index is 661. The van der Waals surface area contributed by atoms with E-state index in [1.165, 1.54) is 0 Å². The molecule has 1 amide bonds. The maximum Gasteiger partial charge on any atom is 0.240 e. The van der Waals surface area contributed by atoms with Crippen molar-refractivity contribution >= 4 is 17.2 Å². The van der Waals surface area contributed by atoms with Gasteiger partial charge in [-0.15, -0.1) is 11.3 Å². The number of aromatic nitrogens is 1. The highest BCUT2D eigenvalue weighted by Gasteiger charge is 2.46. The van der Waals surface area contributed by atoms with Crippen LogP contribution in [0.5, 0.6) is 0 Å². The van der Waals surface area contributed by atoms with Gasteiger partial charge in [0.05, 0.1) is 22.2 Å². The normalized spacial score (nSPS) is 17.3. The van der Waals surface area contributed by atoms with Crippen molar-refractivity contribution in [3.63, 3.8) is 0 Å². The molecule has 0 aliphatic heterocycles. The first kappa shape index (κ1) is 14.2. The molecule has 1 saturated carbocycles. The lowest BCUT2D eigenvalue weighted by atomic mass is 10.2. The highest BCUT2D eigenvalue weighted by molar-refractivity contribution is 7.15. The van der Waals surface area contributed by atoms with Crippen molar-refractivity contribution in [1.29, 1.82) is 0 Å². The van der Waals surface area contributed by atoms with Crippen LogP contribution >= 0.6 is 11.3 Å². The Labute approximate surface area is 128 Å². The van der Waals surface area contributed by atoms with Gasteiger partial charge in [-0.2, -0.15) is 0 Å². The maximum atomic E-state index is 12.0. The van der Waals surface area contributed by atoms with Gasteiger partial charge in [-0.25, -0.2) is 4.98 Å². The average Bonchev–Trinajstić information content (AvgIpc) is 3.11. The molecule has 2 aromatic rings. The standard InChI is InChI=1S/C16H19N3OS/c1-10-13(11(2)19-15(20)16(17)8-9-16)21-14(18-10)12-6-4-3-5-7-12/h3-7,11H,8-9,17H2,1-2H3,(H,19,20). The number of carbonyl (C=O) groups is 1. The lowest BCUT2D eigenvalue weighted by Crippen LogP contribution is -2.43. The number of nitrogens with one attached hydrogen (secondary N) is 1. The van der Waals surface area contributed by atoms with Crippen molar-refractivity contribution in [2.24, 2.45) is 5.73 Å². The topological polar surface area (TPSA) is 68.0 Å². The lowest BCUT2D eigenvalue weighted by Gasteiger charge is -2.16. The predicted molar refractivity (Wildman–Crippen MR) is 85.0 cm³/mol. The number of amides is 1. The van der Waals surface area contributed by atoms with Crippen molar-refractivity contribution in [2.45, 2.75) is 38.3 Å². The van der Waals surface area contributed by atoms with Crippen LogP contribution in [0, 0.1) is 6.92 Å². The number of carbonyl (C=O) groups excluding carboxylic acids is 1. The molecule has 21 heavy (non-hydrogen) atoms. The molecule has 1 fully saturated rings. The van der Waals surface area contributed by atoms with Gasteiger partial charge in [-0.1, -0.05) is 30.3 Å². The zero-order valence-corrected chi connectivity index (χ0v) is 13.0. The number of hydrogen-bond acceptors (Lipinski definition) is 4. The van der Waals surface area contributed by atoms with Crippen molar-refractivity contribution < 1.29 is 4.79 Å². The van der Waals surface area contributed by atoms with Gasteiger partial charge in [0.1, 0.15) is 5.01 Å². The second kappa shape index (κ2) is 5.24. The van der Waals surface area contributed by atoms with Gasteiger partial charge in [0.2, 0.25) is 5.91 Å². The fraction of sp³-hybridized carbons (Fsp3) is 0.375. The molecule has 1 aliphatic carbocycles. The molecule has 0 radical (unpaired) electrons. The fourth-order valence-electron chi connectivity index (χ4n) is 2.28. The summed E-state index contributed by atoms with van der Waals surface area (Å²) in [7, 11) is 0. The van der Waals surface area contributed by atoms with Gasteiger partial charge in [0.15, 0.2) is 0 Å². The van der Waals surface area contributed by atoms with Gasteiger partial charge >= 0.3 is 0 Å². The molecule has 1 aromatic heterocycles. The minimum absolute atomic E-state index is 0.0518. The van der Waals surface area contributed by atoms with E-state index in [2.05, 4.69) is 10.3 Å². The number of hydrogen-bond donors (Lipinski definition) is 2. The molecule has 1 aromatic carbocycles. The third-order valence-electron chi connectivity index (χ3n) is 3.83. The summed E-state index contributed by atoms with van der Waals surface area (Å²) in [5, 5.41) is 4.00. The van der Waals surface area contributed by atoms with Crippen LogP contribution in [0.3, 0.4) is 0 Å². The van der Waals surface area contributed by atoms with Crippen LogP contribution in [0.1, 0.15) is 36.4 Å². The Morgan fingerprint density at radius 1 is 1.38 bits per heavy atom. The molecule has 0 spiro atoms. The van der Waals surface area contributed by atoms with E-state index in [4.69, 9.17) is 5.73 Å². The fourth-order valence-corrected chi connectivity index (χ4v) is 3.36. The Kier molecular flexibility index (Phi) is 3.55. The molecular weight excluding hydrogens is 282 g/mol. The van der Waals surface area contributed by atoms with Gasteiger partial charge < -0.3 is 11.1 Å². The highest BCUT2D eigenvalue weighted by atomic mass is 32.1. The van der Waals surface area contributed by atoms with E-state index < -0.39 is 5.54 Å². The second-order valence-corrected chi connectivity index (χ2v) is 6.72. The predicted octanol–water partition coefficient (Wildman–Crippen LogP) is 2.79. The number of nitrogens with two attached hydrogens (primary N) is 1. The van der Waals surface area contributed by atoms with Gasteiger partial charge in [0.25, 0.3) is 0 Å². The molecule has 1 atom stereocenters. The van der Waals surface area contributed by atoms with E-state index in [1.807, 2.05) is 44.2 Å². The van der Waals surface area contributed by atoms with Crippen LogP contribution in [0.2, 0.25) is 0 Å². The number of rotatable bonds is 4. The summed E-state index contributed by atoms with van der Waals surface area (Å²) in [5.74, 6) is -0.0518. The molecule has 1 heterocycles. The third-order valence-corrected chi connectivity index (χ3v) is 5.22. The maximum absolute atomic E-state index is 12.0. The van der Waals surface area contributed by atoms with Crippen LogP contribution < -0.4 is 11.1 Å². The SMILES string of the molecule is Cc1nc(-c2ccccc2)sc1C(C)NC(=O)C1(N)CC1. The highest BCUT2D eigenvalue weighted by Crippen LogP contribution is 2.35. The van der Waals surface area contributed by atoms with Crippen LogP contribution in [0.4, 0.5) is 0 Å². The van der Waals surface area contributed by atoms with E-state index in [-0.39, 0.29) is 11.9 Å². The molecule has 5 heteroatoms. The summed E-state index contributed by atoms with van der Waals surface area (Å²) < 4.78 is 0. The smallest absolute Gasteiger partial charge is 0.240 e. The molecule has 110 valence electrons. The summed E-state index contributed by atoms with van der Waals surface area (Å²) in [6, 6.07) is 10.0.